The van der Waals surface area contributed by atoms with Crippen molar-refractivity contribution in [3.8, 4) is 44.6 Å². The van der Waals surface area contributed by atoms with E-state index >= 15 is 0 Å². The van der Waals surface area contributed by atoms with Crippen LogP contribution in [0.4, 0.5) is 0 Å². The lowest BCUT2D eigenvalue weighted by Gasteiger charge is -2.10. The van der Waals surface area contributed by atoms with Gasteiger partial charge in [0, 0.05) is 46.4 Å². The molecular formula is C39H23N3S2. The van der Waals surface area contributed by atoms with Crippen molar-refractivity contribution in [3.63, 3.8) is 0 Å². The monoisotopic (exact) mass is 597 g/mol. The van der Waals surface area contributed by atoms with Crippen molar-refractivity contribution in [2.24, 2.45) is 0 Å². The van der Waals surface area contributed by atoms with Gasteiger partial charge in [0.1, 0.15) is 0 Å². The second kappa shape index (κ2) is 10.2. The second-order valence-corrected chi connectivity index (χ2v) is 13.0. The number of fused-ring (bicyclic) bond motifs is 5. The van der Waals surface area contributed by atoms with E-state index in [1.165, 1.54) is 46.1 Å². The number of nitrogens with zero attached hydrogens (tertiary/aromatic N) is 3. The first kappa shape index (κ1) is 25.3. The summed E-state index contributed by atoms with van der Waals surface area (Å²) >= 11 is 3.61. The van der Waals surface area contributed by atoms with Crippen LogP contribution in [0.15, 0.2) is 140 Å². The summed E-state index contributed by atoms with van der Waals surface area (Å²) < 4.78 is 3.75. The highest BCUT2D eigenvalue weighted by Gasteiger charge is 2.17. The molecule has 0 aliphatic heterocycles. The molecule has 0 aliphatic carbocycles. The Kier molecular flexibility index (Phi) is 5.86. The summed E-state index contributed by atoms with van der Waals surface area (Å²) in [7, 11) is 0. The molecule has 9 aromatic rings. The molecule has 0 saturated heterocycles. The van der Waals surface area contributed by atoms with Crippen molar-refractivity contribution in [1.82, 2.24) is 15.0 Å². The predicted octanol–water partition coefficient (Wildman–Crippen LogP) is 11.3. The first-order valence-corrected chi connectivity index (χ1v) is 16.2. The van der Waals surface area contributed by atoms with Gasteiger partial charge in [0.15, 0.2) is 17.5 Å². The molecule has 0 amide bonds. The average Bonchev–Trinajstić information content (AvgIpc) is 3.70. The lowest BCUT2D eigenvalue weighted by atomic mass is 10.1. The first-order valence-electron chi connectivity index (χ1n) is 14.5. The Bertz CT molecular complexity index is 2470. The molecule has 0 bridgehead atoms. The van der Waals surface area contributed by atoms with Gasteiger partial charge in [-0.05, 0) is 52.1 Å². The summed E-state index contributed by atoms with van der Waals surface area (Å²) in [6.45, 7) is 0. The lowest BCUT2D eigenvalue weighted by Crippen LogP contribution is -2.00. The van der Waals surface area contributed by atoms with Gasteiger partial charge in [-0.2, -0.15) is 0 Å². The fourth-order valence-corrected chi connectivity index (χ4v) is 8.19. The maximum atomic E-state index is 5.11. The number of hydrogen-bond donors (Lipinski definition) is 0. The Morgan fingerprint density at radius 3 is 1.86 bits per heavy atom. The highest BCUT2D eigenvalue weighted by atomic mass is 32.1. The molecule has 3 heterocycles. The molecule has 0 aliphatic rings. The zero-order valence-electron chi connectivity index (χ0n) is 23.4. The number of hydrogen-bond acceptors (Lipinski definition) is 5. The summed E-state index contributed by atoms with van der Waals surface area (Å²) in [5, 5.41) is 6.11. The third-order valence-corrected chi connectivity index (χ3v) is 10.5. The highest BCUT2D eigenvalue weighted by molar-refractivity contribution is 7.26. The summed E-state index contributed by atoms with van der Waals surface area (Å²) in [5.74, 6) is 2.02. The molecule has 0 radical (unpaired) electrons. The summed E-state index contributed by atoms with van der Waals surface area (Å²) in [6.07, 6.45) is 0. The molecule has 6 aromatic carbocycles. The van der Waals surface area contributed by atoms with Crippen LogP contribution in [-0.2, 0) is 0 Å². The number of benzene rings is 6. The van der Waals surface area contributed by atoms with Gasteiger partial charge in [0.2, 0.25) is 0 Å². The van der Waals surface area contributed by atoms with Crippen LogP contribution in [0.5, 0.6) is 0 Å². The molecule has 0 saturated carbocycles. The van der Waals surface area contributed by atoms with Crippen molar-refractivity contribution in [2.45, 2.75) is 0 Å². The molecule has 0 fully saturated rings. The summed E-state index contributed by atoms with van der Waals surface area (Å²) in [6, 6.07) is 49.2. The minimum atomic E-state index is 0.666. The Morgan fingerprint density at radius 1 is 0.386 bits per heavy atom. The van der Waals surface area contributed by atoms with Gasteiger partial charge in [-0.1, -0.05) is 109 Å². The predicted molar refractivity (Wildman–Crippen MR) is 187 cm³/mol. The van der Waals surface area contributed by atoms with Crippen LogP contribution < -0.4 is 0 Å². The van der Waals surface area contributed by atoms with Crippen LogP contribution in [0.25, 0.3) is 85.6 Å². The average molecular weight is 598 g/mol. The van der Waals surface area contributed by atoms with E-state index in [1.54, 1.807) is 11.3 Å². The fourth-order valence-electron chi connectivity index (χ4n) is 5.91. The molecule has 3 aromatic heterocycles. The van der Waals surface area contributed by atoms with Crippen molar-refractivity contribution in [1.29, 1.82) is 0 Å². The number of aromatic nitrogens is 3. The molecule has 0 spiro atoms. The van der Waals surface area contributed by atoms with Crippen molar-refractivity contribution in [3.05, 3.63) is 140 Å². The van der Waals surface area contributed by atoms with Crippen LogP contribution in [0, 0.1) is 0 Å². The maximum absolute atomic E-state index is 5.11. The maximum Gasteiger partial charge on any atom is 0.165 e. The third kappa shape index (κ3) is 4.29. The van der Waals surface area contributed by atoms with Gasteiger partial charge >= 0.3 is 0 Å². The van der Waals surface area contributed by atoms with Crippen LogP contribution in [-0.4, -0.2) is 15.0 Å². The molecule has 206 valence electrons. The molecule has 9 rings (SSSR count). The first-order chi connectivity index (χ1) is 21.8. The minimum absolute atomic E-state index is 0.666. The van der Waals surface area contributed by atoms with E-state index in [0.29, 0.717) is 17.5 Å². The van der Waals surface area contributed by atoms with E-state index in [2.05, 4.69) is 140 Å². The fraction of sp³-hybridized carbons (Fsp3) is 0. The van der Waals surface area contributed by atoms with Gasteiger partial charge in [0.05, 0.1) is 0 Å². The van der Waals surface area contributed by atoms with Crippen LogP contribution in [0.1, 0.15) is 0 Å². The van der Waals surface area contributed by atoms with Crippen LogP contribution >= 0.6 is 22.7 Å². The molecule has 0 unspecified atom stereocenters. The third-order valence-electron chi connectivity index (χ3n) is 8.14. The van der Waals surface area contributed by atoms with Gasteiger partial charge in [0.25, 0.3) is 0 Å². The van der Waals surface area contributed by atoms with E-state index in [-0.39, 0.29) is 0 Å². The highest BCUT2D eigenvalue weighted by Crippen LogP contribution is 2.40. The van der Waals surface area contributed by atoms with Crippen molar-refractivity contribution >= 4 is 63.7 Å². The Labute approximate surface area is 261 Å². The number of thiophene rings is 2. The van der Waals surface area contributed by atoms with Crippen molar-refractivity contribution < 1.29 is 0 Å². The molecule has 3 nitrogen and oxygen atoms in total. The Balaban J connectivity index is 1.21. The normalized spacial score (nSPS) is 11.6. The van der Waals surface area contributed by atoms with Gasteiger partial charge in [-0.15, -0.1) is 22.7 Å². The van der Waals surface area contributed by atoms with Crippen LogP contribution in [0.3, 0.4) is 0 Å². The molecule has 5 heteroatoms. The van der Waals surface area contributed by atoms with Gasteiger partial charge in [-0.3, -0.25) is 0 Å². The number of rotatable bonds is 4. The zero-order chi connectivity index (χ0) is 29.0. The van der Waals surface area contributed by atoms with Gasteiger partial charge in [-0.25, -0.2) is 15.0 Å². The summed E-state index contributed by atoms with van der Waals surface area (Å²) in [4.78, 5) is 16.5. The van der Waals surface area contributed by atoms with Crippen LogP contribution in [0.2, 0.25) is 0 Å². The molecule has 0 N–H and O–H groups in total. The quantitative estimate of drug-likeness (QED) is 0.203. The molecule has 44 heavy (non-hydrogen) atoms. The van der Waals surface area contributed by atoms with E-state index in [4.69, 9.17) is 15.0 Å². The Hall–Kier alpha value is -5.23. The van der Waals surface area contributed by atoms with E-state index < -0.39 is 0 Å². The second-order valence-electron chi connectivity index (χ2n) is 10.9. The largest absolute Gasteiger partial charge is 0.208 e. The topological polar surface area (TPSA) is 38.7 Å². The van der Waals surface area contributed by atoms with Crippen molar-refractivity contribution in [2.75, 3.05) is 0 Å². The van der Waals surface area contributed by atoms with E-state index in [1.807, 2.05) is 11.3 Å². The van der Waals surface area contributed by atoms with Gasteiger partial charge < -0.3 is 0 Å². The Morgan fingerprint density at radius 2 is 1.02 bits per heavy atom. The summed E-state index contributed by atoms with van der Waals surface area (Å²) in [5.41, 5.74) is 4.15. The zero-order valence-corrected chi connectivity index (χ0v) is 25.1. The molecule has 0 atom stereocenters. The van der Waals surface area contributed by atoms with E-state index in [9.17, 15) is 0 Å². The van der Waals surface area contributed by atoms with E-state index in [0.717, 1.165) is 22.1 Å². The smallest absolute Gasteiger partial charge is 0.165 e. The molecular weight excluding hydrogens is 575 g/mol. The lowest BCUT2D eigenvalue weighted by molar-refractivity contribution is 1.08. The standard InChI is InChI=1S/C39H23N3S2/c1-2-9-27-22-29(21-16-24(27)8-1)38-40-37(26-19-17-25(18-20-26)35-23-28-10-3-5-14-33(28)43-35)41-39(42-38)32-13-7-12-31-30-11-4-6-15-34(30)44-36(31)32/h1-23H. The minimum Gasteiger partial charge on any atom is -0.208 e. The SMILES string of the molecule is c1ccc2cc(-c3nc(-c4ccc(-c5cc6ccccc6s5)cc4)nc(-c4cccc5c4sc4ccccc45)n3)ccc2c1.